The lowest BCUT2D eigenvalue weighted by atomic mass is 10.2. The summed E-state index contributed by atoms with van der Waals surface area (Å²) in [5.74, 6) is -1.31. The van der Waals surface area contributed by atoms with Crippen LogP contribution in [-0.2, 0) is 6.54 Å². The topological polar surface area (TPSA) is 22.0 Å². The van der Waals surface area contributed by atoms with Crippen molar-refractivity contribution in [3.63, 3.8) is 0 Å². The molecule has 2 rings (SSSR count). The van der Waals surface area contributed by atoms with Crippen LogP contribution in [0.3, 0.4) is 0 Å². The van der Waals surface area contributed by atoms with Crippen molar-refractivity contribution < 1.29 is 8.78 Å². The summed E-state index contributed by atoms with van der Waals surface area (Å²) in [6.45, 7) is 1.64. The number of rotatable bonds is 2. The van der Waals surface area contributed by atoms with Crippen molar-refractivity contribution in [2.45, 2.75) is 13.5 Å². The summed E-state index contributed by atoms with van der Waals surface area (Å²) in [5, 5.41) is 1.66. The summed E-state index contributed by atoms with van der Waals surface area (Å²) in [6, 6.07) is 2.48. The van der Waals surface area contributed by atoms with Crippen LogP contribution in [0.1, 0.15) is 11.3 Å². The highest BCUT2D eigenvalue weighted by Crippen LogP contribution is 2.22. The van der Waals surface area contributed by atoms with Crippen LogP contribution in [0.25, 0.3) is 0 Å². The third-order valence-electron chi connectivity index (χ3n) is 2.43. The average molecular weight is 320 g/mol. The third kappa shape index (κ3) is 2.32. The van der Waals surface area contributed by atoms with Gasteiger partial charge in [0.1, 0.15) is 11.6 Å². The molecule has 0 spiro atoms. The van der Waals surface area contributed by atoms with Crippen LogP contribution in [0, 0.1) is 18.6 Å². The van der Waals surface area contributed by atoms with Crippen LogP contribution in [0.4, 0.5) is 8.78 Å². The molecule has 90 valence electrons. The number of hydrogen-bond acceptors (Lipinski definition) is 2. The Labute approximate surface area is 109 Å². The van der Waals surface area contributed by atoms with Crippen molar-refractivity contribution in [2.24, 2.45) is 0 Å². The van der Waals surface area contributed by atoms with Gasteiger partial charge in [0.25, 0.3) is 0 Å². The fraction of sp³-hybridized carbons (Fsp3) is 0.182. The predicted octanol–water partition coefficient (Wildman–Crippen LogP) is 3.31. The Kier molecular flexibility index (Phi) is 3.44. The molecule has 17 heavy (non-hydrogen) atoms. The Hall–Kier alpha value is -1.01. The van der Waals surface area contributed by atoms with E-state index in [4.69, 9.17) is 0 Å². The van der Waals surface area contributed by atoms with Gasteiger partial charge in [0.05, 0.1) is 11.0 Å². The second-order valence-electron chi connectivity index (χ2n) is 3.55. The van der Waals surface area contributed by atoms with E-state index in [1.165, 1.54) is 16.7 Å². The number of thiazole rings is 1. The molecule has 0 amide bonds. The Bertz CT molecular complexity index is 620. The minimum atomic E-state index is -0.664. The number of halogens is 3. The van der Waals surface area contributed by atoms with E-state index in [-0.39, 0.29) is 21.5 Å². The molecule has 0 atom stereocenters. The van der Waals surface area contributed by atoms with Crippen LogP contribution in [0.5, 0.6) is 0 Å². The summed E-state index contributed by atoms with van der Waals surface area (Å²) in [5.41, 5.74) is 0.585. The van der Waals surface area contributed by atoms with Gasteiger partial charge >= 0.3 is 4.87 Å². The number of nitrogens with zero attached hydrogens (tertiary/aromatic N) is 1. The lowest BCUT2D eigenvalue weighted by Gasteiger charge is -2.08. The van der Waals surface area contributed by atoms with Crippen molar-refractivity contribution in [3.8, 4) is 0 Å². The summed E-state index contributed by atoms with van der Waals surface area (Å²) >= 11 is 4.01. The van der Waals surface area contributed by atoms with Gasteiger partial charge < -0.3 is 0 Å². The molecule has 2 nitrogen and oxygen atoms in total. The molecule has 2 aromatic rings. The lowest BCUT2D eigenvalue weighted by Crippen LogP contribution is -2.17. The highest BCUT2D eigenvalue weighted by molar-refractivity contribution is 9.10. The highest BCUT2D eigenvalue weighted by atomic mass is 79.9. The Morgan fingerprint density at radius 1 is 1.41 bits per heavy atom. The molecule has 0 aliphatic rings. The van der Waals surface area contributed by atoms with Crippen molar-refractivity contribution in [2.75, 3.05) is 0 Å². The third-order valence-corrected chi connectivity index (χ3v) is 3.93. The summed E-state index contributed by atoms with van der Waals surface area (Å²) < 4.78 is 28.8. The molecule has 0 radical (unpaired) electrons. The highest BCUT2D eigenvalue weighted by Gasteiger charge is 2.14. The predicted molar refractivity (Wildman–Crippen MR) is 66.5 cm³/mol. The summed E-state index contributed by atoms with van der Waals surface area (Å²) in [7, 11) is 0. The first-order valence-electron chi connectivity index (χ1n) is 4.78. The maximum Gasteiger partial charge on any atom is 0.307 e. The van der Waals surface area contributed by atoms with E-state index in [9.17, 15) is 13.6 Å². The van der Waals surface area contributed by atoms with Crippen molar-refractivity contribution in [1.82, 2.24) is 4.57 Å². The summed E-state index contributed by atoms with van der Waals surface area (Å²) in [6.07, 6.45) is 0. The molecular weight excluding hydrogens is 312 g/mol. The average Bonchev–Trinajstić information content (AvgIpc) is 2.60. The molecule has 0 aliphatic carbocycles. The van der Waals surface area contributed by atoms with Gasteiger partial charge in [-0.15, -0.1) is 0 Å². The molecule has 0 unspecified atom stereocenters. The summed E-state index contributed by atoms with van der Waals surface area (Å²) in [4.78, 5) is 11.3. The van der Waals surface area contributed by atoms with Crippen LogP contribution in [0.15, 0.2) is 26.8 Å². The molecule has 0 N–H and O–H groups in total. The van der Waals surface area contributed by atoms with Crippen molar-refractivity contribution >= 4 is 27.3 Å². The molecule has 1 heterocycles. The zero-order chi connectivity index (χ0) is 12.6. The van der Waals surface area contributed by atoms with Crippen LogP contribution < -0.4 is 4.87 Å². The van der Waals surface area contributed by atoms with Gasteiger partial charge in [-0.3, -0.25) is 9.36 Å². The molecule has 0 saturated heterocycles. The van der Waals surface area contributed by atoms with Crippen LogP contribution in [-0.4, -0.2) is 4.57 Å². The van der Waals surface area contributed by atoms with E-state index in [0.717, 1.165) is 11.3 Å². The first kappa shape index (κ1) is 12.4. The number of aromatic nitrogens is 1. The standard InChI is InChI=1S/C11H8BrF2NOS/c1-6-5-17-11(16)15(6)4-7-9(13)3-2-8(12)10(7)14/h2-3,5H,4H2,1H3. The molecule has 1 aromatic carbocycles. The van der Waals surface area contributed by atoms with Gasteiger partial charge in [0, 0.05) is 16.6 Å². The molecule has 0 aliphatic heterocycles. The SMILES string of the molecule is Cc1csc(=O)n1Cc1c(F)ccc(Br)c1F. The van der Waals surface area contributed by atoms with E-state index in [1.54, 1.807) is 12.3 Å². The van der Waals surface area contributed by atoms with Crippen molar-refractivity contribution in [1.29, 1.82) is 0 Å². The van der Waals surface area contributed by atoms with Gasteiger partial charge in [-0.05, 0) is 35.0 Å². The second-order valence-corrected chi connectivity index (χ2v) is 5.23. The lowest BCUT2D eigenvalue weighted by molar-refractivity contribution is 0.537. The monoisotopic (exact) mass is 319 g/mol. The smallest absolute Gasteiger partial charge is 0.299 e. The quantitative estimate of drug-likeness (QED) is 0.778. The molecule has 1 aromatic heterocycles. The van der Waals surface area contributed by atoms with Gasteiger partial charge in [-0.2, -0.15) is 0 Å². The van der Waals surface area contributed by atoms with Gasteiger partial charge in [-0.1, -0.05) is 11.3 Å². The first-order valence-corrected chi connectivity index (χ1v) is 6.45. The molecule has 0 saturated carbocycles. The van der Waals surface area contributed by atoms with E-state index in [0.29, 0.717) is 5.69 Å². The number of benzene rings is 1. The molecule has 6 heteroatoms. The Balaban J connectivity index is 2.50. The fourth-order valence-corrected chi connectivity index (χ4v) is 2.57. The van der Waals surface area contributed by atoms with Gasteiger partial charge in [-0.25, -0.2) is 8.78 Å². The zero-order valence-electron chi connectivity index (χ0n) is 8.84. The van der Waals surface area contributed by atoms with E-state index in [2.05, 4.69) is 15.9 Å². The normalized spacial score (nSPS) is 10.8. The Morgan fingerprint density at radius 2 is 2.12 bits per heavy atom. The van der Waals surface area contributed by atoms with E-state index < -0.39 is 11.6 Å². The van der Waals surface area contributed by atoms with Crippen LogP contribution in [0.2, 0.25) is 0 Å². The van der Waals surface area contributed by atoms with Gasteiger partial charge in [0.15, 0.2) is 0 Å². The second kappa shape index (κ2) is 4.70. The maximum atomic E-state index is 13.7. The number of hydrogen-bond donors (Lipinski definition) is 0. The molecule has 0 bridgehead atoms. The fourth-order valence-electron chi connectivity index (χ4n) is 1.47. The molecule has 0 fully saturated rings. The largest absolute Gasteiger partial charge is 0.307 e. The van der Waals surface area contributed by atoms with Gasteiger partial charge in [0.2, 0.25) is 0 Å². The van der Waals surface area contributed by atoms with E-state index in [1.807, 2.05) is 0 Å². The number of aryl methyl sites for hydroxylation is 1. The Morgan fingerprint density at radius 3 is 2.71 bits per heavy atom. The minimum Gasteiger partial charge on any atom is -0.299 e. The minimum absolute atomic E-state index is 0.0920. The maximum absolute atomic E-state index is 13.7. The first-order chi connectivity index (χ1) is 8.00. The van der Waals surface area contributed by atoms with E-state index >= 15 is 0 Å². The molecular formula is C11H8BrF2NOS. The zero-order valence-corrected chi connectivity index (χ0v) is 11.2. The van der Waals surface area contributed by atoms with Crippen LogP contribution >= 0.6 is 27.3 Å². The van der Waals surface area contributed by atoms with Crippen molar-refractivity contribution in [3.05, 3.63) is 54.5 Å².